The van der Waals surface area contributed by atoms with Gasteiger partial charge < -0.3 is 20.7 Å². The molecule has 0 saturated carbocycles. The molecule has 1 unspecified atom stereocenters. The molecule has 9 nitrogen and oxygen atoms in total. The molecule has 0 radical (unpaired) electrons. The Morgan fingerprint density at radius 2 is 2.03 bits per heavy atom. The van der Waals surface area contributed by atoms with Crippen molar-refractivity contribution in [3.63, 3.8) is 0 Å². The number of nitrogens with zero attached hydrogens (tertiary/aromatic N) is 1. The minimum absolute atomic E-state index is 0.0987. The number of benzene rings is 2. The first-order valence-corrected chi connectivity index (χ1v) is 10.9. The van der Waals surface area contributed by atoms with Crippen molar-refractivity contribution in [2.75, 3.05) is 18.5 Å². The Hall–Kier alpha value is -3.43. The van der Waals surface area contributed by atoms with Gasteiger partial charge in [0.15, 0.2) is 0 Å². The van der Waals surface area contributed by atoms with E-state index in [-0.39, 0.29) is 37.1 Å². The van der Waals surface area contributed by atoms with Crippen molar-refractivity contribution in [1.29, 1.82) is 0 Å². The summed E-state index contributed by atoms with van der Waals surface area (Å²) in [5, 5.41) is 5.52. The number of amides is 4. The van der Waals surface area contributed by atoms with Gasteiger partial charge in [-0.15, -0.1) is 0 Å². The molecule has 2 aliphatic heterocycles. The number of ether oxygens (including phenoxy) is 1. The molecular formula is C23H23ClN4O5. The minimum atomic E-state index is -0.671. The van der Waals surface area contributed by atoms with E-state index in [2.05, 4.69) is 10.6 Å². The molecule has 2 aromatic rings. The van der Waals surface area contributed by atoms with Crippen LogP contribution in [-0.4, -0.2) is 47.7 Å². The molecule has 0 spiro atoms. The van der Waals surface area contributed by atoms with Crippen LogP contribution in [0.5, 0.6) is 5.75 Å². The molecule has 2 aliphatic rings. The number of fused-ring (bicyclic) bond motifs is 1. The molecule has 2 aromatic carbocycles. The van der Waals surface area contributed by atoms with Gasteiger partial charge in [-0.1, -0.05) is 23.7 Å². The highest BCUT2D eigenvalue weighted by atomic mass is 35.5. The lowest BCUT2D eigenvalue weighted by molar-refractivity contribution is -0.137. The van der Waals surface area contributed by atoms with Gasteiger partial charge in [-0.3, -0.25) is 24.5 Å². The van der Waals surface area contributed by atoms with Gasteiger partial charge in [0.25, 0.3) is 5.91 Å². The molecule has 0 aromatic heterocycles. The molecule has 33 heavy (non-hydrogen) atoms. The largest absolute Gasteiger partial charge is 0.491 e. The molecule has 1 fully saturated rings. The number of rotatable bonds is 7. The zero-order chi connectivity index (χ0) is 23.5. The average molecular weight is 471 g/mol. The van der Waals surface area contributed by atoms with Crippen molar-refractivity contribution >= 4 is 40.9 Å². The zero-order valence-corrected chi connectivity index (χ0v) is 18.5. The predicted octanol–water partition coefficient (Wildman–Crippen LogP) is 1.62. The van der Waals surface area contributed by atoms with Crippen molar-refractivity contribution < 1.29 is 23.9 Å². The van der Waals surface area contributed by atoms with Crippen LogP contribution in [0.1, 0.15) is 34.3 Å². The Kier molecular flexibility index (Phi) is 6.62. The number of hydrogen-bond donors (Lipinski definition) is 3. The summed E-state index contributed by atoms with van der Waals surface area (Å²) in [5.74, 6) is -0.836. The lowest BCUT2D eigenvalue weighted by Crippen LogP contribution is -2.52. The van der Waals surface area contributed by atoms with Crippen LogP contribution in [0.25, 0.3) is 0 Å². The number of imide groups is 1. The molecule has 1 saturated heterocycles. The first-order valence-electron chi connectivity index (χ1n) is 10.5. The van der Waals surface area contributed by atoms with Crippen molar-refractivity contribution in [2.45, 2.75) is 31.8 Å². The van der Waals surface area contributed by atoms with Gasteiger partial charge in [0, 0.05) is 36.8 Å². The molecule has 4 N–H and O–H groups in total. The quantitative estimate of drug-likeness (QED) is 0.527. The third-order valence-corrected chi connectivity index (χ3v) is 5.86. The molecule has 2 heterocycles. The molecule has 0 bridgehead atoms. The van der Waals surface area contributed by atoms with Crippen LogP contribution >= 0.6 is 11.6 Å². The standard InChI is InChI=1S/C23H23ClN4O5/c24-17-4-2-15(11-19(17)33-8-7-25)26-21(30)10-13-1-3-16-14(9-13)12-28(23(16)32)18-5-6-20(29)27-22(18)31/h1-4,9,11,18H,5-8,10,12,25H2,(H,26,30)(H,27,29,31). The Morgan fingerprint density at radius 1 is 1.21 bits per heavy atom. The number of nitrogens with one attached hydrogen (secondary N) is 2. The SMILES string of the molecule is NCCOc1cc(NC(=O)Cc2ccc3c(c2)CN(C2CCC(=O)NC2=O)C3=O)ccc1Cl. The molecule has 172 valence electrons. The monoisotopic (exact) mass is 470 g/mol. The topological polar surface area (TPSA) is 131 Å². The van der Waals surface area contributed by atoms with E-state index in [0.29, 0.717) is 41.6 Å². The maximum Gasteiger partial charge on any atom is 0.255 e. The van der Waals surface area contributed by atoms with Crippen LogP contribution < -0.4 is 21.1 Å². The first kappa shape index (κ1) is 22.8. The Morgan fingerprint density at radius 3 is 2.79 bits per heavy atom. The maximum atomic E-state index is 12.8. The molecular weight excluding hydrogens is 448 g/mol. The van der Waals surface area contributed by atoms with Gasteiger partial charge >= 0.3 is 0 Å². The summed E-state index contributed by atoms with van der Waals surface area (Å²) in [7, 11) is 0. The second-order valence-electron chi connectivity index (χ2n) is 7.90. The van der Waals surface area contributed by atoms with E-state index < -0.39 is 11.9 Å². The van der Waals surface area contributed by atoms with E-state index in [1.54, 1.807) is 36.4 Å². The maximum absolute atomic E-state index is 12.8. The van der Waals surface area contributed by atoms with Gasteiger partial charge in [0.2, 0.25) is 17.7 Å². The van der Waals surface area contributed by atoms with Gasteiger partial charge in [0.05, 0.1) is 11.4 Å². The van der Waals surface area contributed by atoms with Crippen molar-refractivity contribution in [3.8, 4) is 5.75 Å². The predicted molar refractivity (Wildman–Crippen MR) is 121 cm³/mol. The lowest BCUT2D eigenvalue weighted by atomic mass is 10.0. The van der Waals surface area contributed by atoms with Gasteiger partial charge in [-0.2, -0.15) is 0 Å². The highest BCUT2D eigenvalue weighted by molar-refractivity contribution is 6.32. The Balaban J connectivity index is 1.41. The van der Waals surface area contributed by atoms with Crippen molar-refractivity contribution in [1.82, 2.24) is 10.2 Å². The van der Waals surface area contributed by atoms with Crippen LogP contribution in [0.4, 0.5) is 5.69 Å². The summed E-state index contributed by atoms with van der Waals surface area (Å²) in [5.41, 5.74) is 7.97. The third kappa shape index (κ3) is 4.99. The van der Waals surface area contributed by atoms with Crippen LogP contribution in [0, 0.1) is 0 Å². The zero-order valence-electron chi connectivity index (χ0n) is 17.7. The molecule has 1 atom stereocenters. The van der Waals surface area contributed by atoms with E-state index in [4.69, 9.17) is 22.1 Å². The van der Waals surface area contributed by atoms with E-state index in [1.165, 1.54) is 4.90 Å². The normalized spacial score (nSPS) is 17.6. The van der Waals surface area contributed by atoms with Crippen molar-refractivity contribution in [2.24, 2.45) is 5.73 Å². The second-order valence-corrected chi connectivity index (χ2v) is 8.31. The number of nitrogens with two attached hydrogens (primary N) is 1. The second kappa shape index (κ2) is 9.60. The fourth-order valence-corrected chi connectivity index (χ4v) is 4.16. The van der Waals surface area contributed by atoms with Crippen LogP contribution in [0.3, 0.4) is 0 Å². The van der Waals surface area contributed by atoms with Crippen molar-refractivity contribution in [3.05, 3.63) is 58.1 Å². The highest BCUT2D eigenvalue weighted by Gasteiger charge is 2.39. The Bertz CT molecular complexity index is 1140. The summed E-state index contributed by atoms with van der Waals surface area (Å²) in [6.45, 7) is 0.907. The fraction of sp³-hybridized carbons (Fsp3) is 0.304. The average Bonchev–Trinajstić information content (AvgIpc) is 3.09. The number of hydrogen-bond acceptors (Lipinski definition) is 6. The smallest absolute Gasteiger partial charge is 0.255 e. The summed E-state index contributed by atoms with van der Waals surface area (Å²) < 4.78 is 5.47. The van der Waals surface area contributed by atoms with E-state index in [0.717, 1.165) is 11.1 Å². The molecule has 10 heteroatoms. The Labute approximate surface area is 195 Å². The van der Waals surface area contributed by atoms with Crippen LogP contribution in [-0.2, 0) is 27.3 Å². The van der Waals surface area contributed by atoms with Gasteiger partial charge in [0.1, 0.15) is 18.4 Å². The summed E-state index contributed by atoms with van der Waals surface area (Å²) in [6, 6.07) is 9.47. The highest BCUT2D eigenvalue weighted by Crippen LogP contribution is 2.29. The number of piperidine rings is 1. The van der Waals surface area contributed by atoms with E-state index in [9.17, 15) is 19.2 Å². The van der Waals surface area contributed by atoms with Crippen LogP contribution in [0.15, 0.2) is 36.4 Å². The first-order chi connectivity index (χ1) is 15.9. The molecule has 0 aliphatic carbocycles. The number of carbonyl (C=O) groups is 4. The van der Waals surface area contributed by atoms with Gasteiger partial charge in [-0.25, -0.2) is 0 Å². The summed E-state index contributed by atoms with van der Waals surface area (Å²) in [6.07, 6.45) is 0.602. The van der Waals surface area contributed by atoms with Crippen LogP contribution in [0.2, 0.25) is 5.02 Å². The lowest BCUT2D eigenvalue weighted by Gasteiger charge is -2.29. The minimum Gasteiger partial charge on any atom is -0.491 e. The fourth-order valence-electron chi connectivity index (χ4n) is 3.99. The number of anilines is 1. The summed E-state index contributed by atoms with van der Waals surface area (Å²) in [4.78, 5) is 50.4. The summed E-state index contributed by atoms with van der Waals surface area (Å²) >= 11 is 6.10. The van der Waals surface area contributed by atoms with Gasteiger partial charge in [-0.05, 0) is 35.7 Å². The van der Waals surface area contributed by atoms with E-state index in [1.807, 2.05) is 0 Å². The van der Waals surface area contributed by atoms with E-state index >= 15 is 0 Å². The molecule has 4 rings (SSSR count). The number of carbonyl (C=O) groups excluding carboxylic acids is 4. The molecule has 4 amide bonds. The third-order valence-electron chi connectivity index (χ3n) is 5.54. The number of halogens is 1.